The van der Waals surface area contributed by atoms with Gasteiger partial charge in [0.1, 0.15) is 11.5 Å². The van der Waals surface area contributed by atoms with Gasteiger partial charge in [-0.3, -0.25) is 9.59 Å². The molecule has 31 heavy (non-hydrogen) atoms. The van der Waals surface area contributed by atoms with Crippen LogP contribution in [-0.2, 0) is 16.1 Å². The smallest absolute Gasteiger partial charge is 0.415 e. The Morgan fingerprint density at radius 3 is 2.29 bits per heavy atom. The van der Waals surface area contributed by atoms with E-state index in [1.165, 1.54) is 0 Å². The van der Waals surface area contributed by atoms with Crippen molar-refractivity contribution in [3.63, 3.8) is 0 Å². The van der Waals surface area contributed by atoms with Crippen molar-refractivity contribution >= 4 is 17.9 Å². The maximum atomic E-state index is 12.2. The van der Waals surface area contributed by atoms with Crippen LogP contribution in [-0.4, -0.2) is 49.6 Å². The third-order valence-electron chi connectivity index (χ3n) is 5.21. The number of ether oxygens (including phenoxy) is 2. The van der Waals surface area contributed by atoms with Crippen LogP contribution in [0.1, 0.15) is 18.4 Å². The molecule has 0 unspecified atom stereocenters. The van der Waals surface area contributed by atoms with Gasteiger partial charge in [-0.25, -0.2) is 4.79 Å². The summed E-state index contributed by atoms with van der Waals surface area (Å²) in [4.78, 5) is 38.1. The molecule has 0 aliphatic carbocycles. The summed E-state index contributed by atoms with van der Waals surface area (Å²) < 4.78 is 10.6. The lowest BCUT2D eigenvalue weighted by atomic mass is 9.97. The number of amides is 3. The van der Waals surface area contributed by atoms with Crippen LogP contribution in [0.15, 0.2) is 54.6 Å². The predicted octanol–water partition coefficient (Wildman–Crippen LogP) is 2.34. The molecular formula is C23H27N3O5. The highest BCUT2D eigenvalue weighted by atomic mass is 16.6. The lowest BCUT2D eigenvalue weighted by molar-refractivity contribution is -0.139. The van der Waals surface area contributed by atoms with Gasteiger partial charge in [-0.2, -0.15) is 0 Å². The van der Waals surface area contributed by atoms with Gasteiger partial charge < -0.3 is 25.0 Å². The number of para-hydroxylation sites is 2. The van der Waals surface area contributed by atoms with Crippen LogP contribution in [0.5, 0.6) is 11.5 Å². The molecule has 2 aromatic carbocycles. The number of methoxy groups -OCH3 is 1. The fourth-order valence-electron chi connectivity index (χ4n) is 3.40. The summed E-state index contributed by atoms with van der Waals surface area (Å²) in [6, 6.07) is 16.2. The van der Waals surface area contributed by atoms with E-state index in [0.717, 1.165) is 18.4 Å². The number of hydrogen-bond acceptors (Lipinski definition) is 5. The summed E-state index contributed by atoms with van der Waals surface area (Å²) in [6.07, 6.45) is 1.09. The summed E-state index contributed by atoms with van der Waals surface area (Å²) >= 11 is 0. The fraction of sp³-hybridized carbons (Fsp3) is 0.348. The molecule has 1 heterocycles. The van der Waals surface area contributed by atoms with Gasteiger partial charge in [0.15, 0.2) is 0 Å². The van der Waals surface area contributed by atoms with E-state index in [2.05, 4.69) is 10.6 Å². The summed E-state index contributed by atoms with van der Waals surface area (Å²) in [5.74, 6) is 0.0177. The van der Waals surface area contributed by atoms with E-state index in [1.54, 1.807) is 30.2 Å². The molecule has 1 fully saturated rings. The van der Waals surface area contributed by atoms with Crippen molar-refractivity contribution in [3.8, 4) is 11.5 Å². The van der Waals surface area contributed by atoms with Crippen molar-refractivity contribution in [2.24, 2.45) is 5.92 Å². The summed E-state index contributed by atoms with van der Waals surface area (Å²) in [5, 5.41) is 5.29. The zero-order valence-electron chi connectivity index (χ0n) is 17.5. The van der Waals surface area contributed by atoms with Gasteiger partial charge in [-0.05, 0) is 37.0 Å². The lowest BCUT2D eigenvalue weighted by Crippen LogP contribution is -2.45. The highest BCUT2D eigenvalue weighted by Crippen LogP contribution is 2.19. The van der Waals surface area contributed by atoms with Gasteiger partial charge in [0.25, 0.3) is 0 Å². The third-order valence-corrected chi connectivity index (χ3v) is 5.21. The van der Waals surface area contributed by atoms with Crippen molar-refractivity contribution in [2.75, 3.05) is 26.7 Å². The van der Waals surface area contributed by atoms with Gasteiger partial charge in [0, 0.05) is 31.7 Å². The molecule has 1 aliphatic heterocycles. The average Bonchev–Trinajstić information content (AvgIpc) is 2.82. The Labute approximate surface area is 181 Å². The number of carbonyl (C=O) groups excluding carboxylic acids is 3. The first-order valence-corrected chi connectivity index (χ1v) is 10.3. The number of piperidine rings is 1. The molecule has 2 aromatic rings. The Morgan fingerprint density at radius 1 is 0.935 bits per heavy atom. The predicted molar refractivity (Wildman–Crippen MR) is 115 cm³/mol. The van der Waals surface area contributed by atoms with Crippen LogP contribution in [0.2, 0.25) is 0 Å². The number of rotatable bonds is 6. The van der Waals surface area contributed by atoms with Crippen molar-refractivity contribution in [3.05, 3.63) is 60.2 Å². The van der Waals surface area contributed by atoms with Crippen molar-refractivity contribution in [2.45, 2.75) is 19.4 Å². The highest BCUT2D eigenvalue weighted by molar-refractivity contribution is 6.35. The normalized spacial score (nSPS) is 13.9. The second-order valence-electron chi connectivity index (χ2n) is 7.32. The second-order valence-corrected chi connectivity index (χ2v) is 7.32. The number of benzene rings is 2. The zero-order chi connectivity index (χ0) is 22.1. The van der Waals surface area contributed by atoms with Gasteiger partial charge >= 0.3 is 17.9 Å². The second kappa shape index (κ2) is 11.0. The molecule has 164 valence electrons. The maximum Gasteiger partial charge on any atom is 0.415 e. The van der Waals surface area contributed by atoms with Crippen LogP contribution < -0.4 is 20.1 Å². The summed E-state index contributed by atoms with van der Waals surface area (Å²) in [7, 11) is 1.56. The molecule has 3 amide bonds. The van der Waals surface area contributed by atoms with Crippen LogP contribution in [0, 0.1) is 5.92 Å². The maximum absolute atomic E-state index is 12.2. The molecule has 8 nitrogen and oxygen atoms in total. The number of carbonyl (C=O) groups is 3. The topological polar surface area (TPSA) is 97.0 Å². The number of nitrogens with one attached hydrogen (secondary N) is 2. The molecule has 0 saturated carbocycles. The Morgan fingerprint density at radius 2 is 1.58 bits per heavy atom. The zero-order valence-corrected chi connectivity index (χ0v) is 17.5. The molecular weight excluding hydrogens is 398 g/mol. The van der Waals surface area contributed by atoms with Gasteiger partial charge in [-0.15, -0.1) is 0 Å². The molecule has 1 aliphatic rings. The van der Waals surface area contributed by atoms with Crippen LogP contribution in [0.3, 0.4) is 0 Å². The molecule has 0 bridgehead atoms. The van der Waals surface area contributed by atoms with E-state index in [0.29, 0.717) is 31.1 Å². The first-order valence-electron chi connectivity index (χ1n) is 10.3. The Balaban J connectivity index is 1.36. The van der Waals surface area contributed by atoms with Crippen molar-refractivity contribution < 1.29 is 23.9 Å². The first kappa shape index (κ1) is 22.1. The lowest BCUT2D eigenvalue weighted by Gasteiger charge is -2.31. The Bertz CT molecular complexity index is 895. The molecule has 0 radical (unpaired) electrons. The van der Waals surface area contributed by atoms with E-state index in [1.807, 2.05) is 36.4 Å². The Kier molecular flexibility index (Phi) is 7.86. The minimum absolute atomic E-state index is 0.201. The van der Waals surface area contributed by atoms with Crippen LogP contribution in [0.4, 0.5) is 4.79 Å². The van der Waals surface area contributed by atoms with Gasteiger partial charge in [0.05, 0.1) is 7.11 Å². The van der Waals surface area contributed by atoms with E-state index < -0.39 is 11.8 Å². The molecule has 1 saturated heterocycles. The SMILES string of the molecule is COc1ccccc1CNC(=O)C(=O)NCC1CCN(C(=O)Oc2ccccc2)CC1. The van der Waals surface area contributed by atoms with Crippen LogP contribution in [0.25, 0.3) is 0 Å². The van der Waals surface area contributed by atoms with E-state index in [9.17, 15) is 14.4 Å². The quantitative estimate of drug-likeness (QED) is 0.693. The molecule has 0 aromatic heterocycles. The third kappa shape index (κ3) is 6.47. The monoisotopic (exact) mass is 425 g/mol. The van der Waals surface area contributed by atoms with E-state index >= 15 is 0 Å². The molecule has 0 atom stereocenters. The minimum atomic E-state index is -0.685. The van der Waals surface area contributed by atoms with Crippen molar-refractivity contribution in [1.82, 2.24) is 15.5 Å². The van der Waals surface area contributed by atoms with E-state index in [4.69, 9.17) is 9.47 Å². The standard InChI is InChI=1S/C23H27N3O5/c1-30-20-10-6-5-7-18(20)16-25-22(28)21(27)24-15-17-11-13-26(14-12-17)23(29)31-19-8-3-2-4-9-19/h2-10,17H,11-16H2,1H3,(H,24,27)(H,25,28). The molecule has 0 spiro atoms. The minimum Gasteiger partial charge on any atom is -0.496 e. The first-order chi connectivity index (χ1) is 15.1. The van der Waals surface area contributed by atoms with Gasteiger partial charge in [0.2, 0.25) is 0 Å². The van der Waals surface area contributed by atoms with Crippen molar-refractivity contribution in [1.29, 1.82) is 0 Å². The molecule has 3 rings (SSSR count). The summed E-state index contributed by atoms with van der Waals surface area (Å²) in [5.41, 5.74) is 0.793. The number of likely N-dealkylation sites (tertiary alicyclic amines) is 1. The number of hydrogen-bond donors (Lipinski definition) is 2. The largest absolute Gasteiger partial charge is 0.496 e. The van der Waals surface area contributed by atoms with E-state index in [-0.39, 0.29) is 18.6 Å². The highest BCUT2D eigenvalue weighted by Gasteiger charge is 2.25. The average molecular weight is 425 g/mol. The molecule has 2 N–H and O–H groups in total. The summed E-state index contributed by atoms with van der Waals surface area (Å²) in [6.45, 7) is 1.69. The fourth-order valence-corrected chi connectivity index (χ4v) is 3.40. The number of nitrogens with zero attached hydrogens (tertiary/aromatic N) is 1. The van der Waals surface area contributed by atoms with Crippen LogP contribution >= 0.6 is 0 Å². The van der Waals surface area contributed by atoms with Gasteiger partial charge in [-0.1, -0.05) is 36.4 Å². The Hall–Kier alpha value is -3.55. The molecule has 8 heteroatoms.